The zero-order valence-corrected chi connectivity index (χ0v) is 11.5. The van der Waals surface area contributed by atoms with Crippen LogP contribution in [-0.4, -0.2) is 27.1 Å². The molecule has 5 heteroatoms. The molecule has 0 fully saturated rings. The average molecular weight is 248 g/mol. The van der Waals surface area contributed by atoms with E-state index in [-0.39, 0.29) is 29.1 Å². The summed E-state index contributed by atoms with van der Waals surface area (Å²) in [5, 5.41) is 9.41. The van der Waals surface area contributed by atoms with Gasteiger partial charge in [0.05, 0.1) is 6.04 Å². The molecule has 1 unspecified atom stereocenters. The van der Waals surface area contributed by atoms with E-state index in [0.29, 0.717) is 5.82 Å². The van der Waals surface area contributed by atoms with Crippen molar-refractivity contribution in [2.24, 2.45) is 5.92 Å². The number of aromatic amines is 1. The first-order valence-electron chi connectivity index (χ1n) is 5.95. The fraction of sp³-hybridized carbons (Fsp3) is 0.615. The second kappa shape index (κ2) is 5.21. The van der Waals surface area contributed by atoms with Gasteiger partial charge in [0.1, 0.15) is 5.82 Å². The lowest BCUT2D eigenvalue weighted by atomic mass is 9.96. The quantitative estimate of drug-likeness (QED) is 0.796. The van der Waals surface area contributed by atoms with Gasteiger partial charge in [0.15, 0.2) is 0 Å². The molecule has 1 heterocycles. The zero-order chi connectivity index (χ0) is 13.9. The molecule has 0 aliphatic carbocycles. The number of carbonyl (C=O) groups is 1. The van der Waals surface area contributed by atoms with Crippen molar-refractivity contribution in [1.29, 1.82) is 0 Å². The minimum Gasteiger partial charge on any atom is -0.335 e. The molecule has 5 nitrogen and oxygen atoms in total. The molecule has 1 rings (SSSR count). The van der Waals surface area contributed by atoms with Gasteiger partial charge in [-0.2, -0.15) is 0 Å². The van der Waals surface area contributed by atoms with Crippen molar-refractivity contribution in [1.82, 2.24) is 20.5 Å². The van der Waals surface area contributed by atoms with Crippen LogP contribution in [0.2, 0.25) is 0 Å². The largest absolute Gasteiger partial charge is 0.335 e. The van der Waals surface area contributed by atoms with Gasteiger partial charge in [-0.05, 0) is 5.92 Å². The normalized spacial score (nSPS) is 13.2. The Hall–Kier alpha value is -1.83. The third kappa shape index (κ3) is 3.33. The third-order valence-electron chi connectivity index (χ3n) is 2.53. The van der Waals surface area contributed by atoms with Crippen molar-refractivity contribution in [3.05, 3.63) is 11.6 Å². The summed E-state index contributed by atoms with van der Waals surface area (Å²) in [6.07, 6.45) is 5.36. The predicted octanol–water partition coefficient (Wildman–Crippen LogP) is 1.49. The highest BCUT2D eigenvalue weighted by molar-refractivity contribution is 5.90. The summed E-state index contributed by atoms with van der Waals surface area (Å²) in [4.78, 5) is 16.1. The van der Waals surface area contributed by atoms with E-state index in [2.05, 4.69) is 26.4 Å². The molecule has 98 valence electrons. The smallest absolute Gasteiger partial charge is 0.291 e. The van der Waals surface area contributed by atoms with E-state index in [9.17, 15) is 4.79 Å². The molecule has 0 saturated carbocycles. The lowest BCUT2D eigenvalue weighted by Gasteiger charge is -2.15. The Morgan fingerprint density at radius 1 is 1.44 bits per heavy atom. The number of nitrogens with one attached hydrogen (secondary N) is 2. The Morgan fingerprint density at radius 2 is 2.06 bits per heavy atom. The first-order valence-corrected chi connectivity index (χ1v) is 5.95. The van der Waals surface area contributed by atoms with Crippen LogP contribution in [0.15, 0.2) is 0 Å². The minimum absolute atomic E-state index is 0.126. The van der Waals surface area contributed by atoms with Gasteiger partial charge in [-0.1, -0.05) is 40.5 Å². The minimum atomic E-state index is -0.349. The van der Waals surface area contributed by atoms with Crippen LogP contribution in [0.25, 0.3) is 0 Å². The maximum Gasteiger partial charge on any atom is 0.291 e. The number of aromatic nitrogens is 3. The van der Waals surface area contributed by atoms with Crippen LogP contribution in [0.4, 0.5) is 0 Å². The molecular formula is C13H20N4O. The van der Waals surface area contributed by atoms with Gasteiger partial charge in [0.25, 0.3) is 5.91 Å². The number of terminal acetylenes is 1. The van der Waals surface area contributed by atoms with E-state index in [4.69, 9.17) is 6.42 Å². The van der Waals surface area contributed by atoms with Crippen molar-refractivity contribution in [3.8, 4) is 12.3 Å². The number of H-pyrrole nitrogens is 1. The van der Waals surface area contributed by atoms with Gasteiger partial charge in [-0.3, -0.25) is 9.89 Å². The highest BCUT2D eigenvalue weighted by Gasteiger charge is 2.22. The third-order valence-corrected chi connectivity index (χ3v) is 2.53. The first kappa shape index (κ1) is 14.2. The van der Waals surface area contributed by atoms with Crippen molar-refractivity contribution in [2.45, 2.75) is 46.1 Å². The van der Waals surface area contributed by atoms with E-state index in [0.717, 1.165) is 0 Å². The standard InChI is InChI=1S/C13H20N4O/c1-7-9(8(2)3)14-11(18)10-15-12(17-16-10)13(4,5)6/h1,8-9H,2-6H3,(H,14,18)(H,15,16,17). The van der Waals surface area contributed by atoms with Gasteiger partial charge in [0.2, 0.25) is 5.82 Å². The van der Waals surface area contributed by atoms with E-state index in [1.54, 1.807) is 0 Å². The molecule has 0 aromatic carbocycles. The molecular weight excluding hydrogens is 228 g/mol. The van der Waals surface area contributed by atoms with Crippen LogP contribution in [0, 0.1) is 18.3 Å². The van der Waals surface area contributed by atoms with Gasteiger partial charge in [0, 0.05) is 5.41 Å². The molecule has 0 aliphatic rings. The number of amides is 1. The fourth-order valence-corrected chi connectivity index (χ4v) is 1.31. The highest BCUT2D eigenvalue weighted by atomic mass is 16.2. The SMILES string of the molecule is C#CC(NC(=O)c1n[nH]c(C(C)(C)C)n1)C(C)C. The molecule has 0 radical (unpaired) electrons. The molecule has 0 aliphatic heterocycles. The summed E-state index contributed by atoms with van der Waals surface area (Å²) in [5.74, 6) is 3.16. The topological polar surface area (TPSA) is 70.7 Å². The molecule has 0 spiro atoms. The first-order chi connectivity index (χ1) is 8.25. The van der Waals surface area contributed by atoms with Crippen molar-refractivity contribution < 1.29 is 4.79 Å². The Kier molecular flexibility index (Phi) is 4.12. The average Bonchev–Trinajstić information content (AvgIpc) is 2.73. The van der Waals surface area contributed by atoms with Gasteiger partial charge < -0.3 is 5.32 Å². The Morgan fingerprint density at radius 3 is 2.44 bits per heavy atom. The lowest BCUT2D eigenvalue weighted by molar-refractivity contribution is 0.0928. The number of nitrogens with zero attached hydrogens (tertiary/aromatic N) is 2. The molecule has 0 saturated heterocycles. The van der Waals surface area contributed by atoms with Crippen LogP contribution in [-0.2, 0) is 5.41 Å². The molecule has 1 atom stereocenters. The van der Waals surface area contributed by atoms with Crippen LogP contribution >= 0.6 is 0 Å². The van der Waals surface area contributed by atoms with Crippen LogP contribution in [0.3, 0.4) is 0 Å². The second-order valence-electron chi connectivity index (χ2n) is 5.62. The van der Waals surface area contributed by atoms with E-state index >= 15 is 0 Å². The number of hydrogen-bond acceptors (Lipinski definition) is 3. The Bertz CT molecular complexity index is 462. The maximum absolute atomic E-state index is 11.9. The van der Waals surface area contributed by atoms with Crippen LogP contribution < -0.4 is 5.32 Å². The zero-order valence-electron chi connectivity index (χ0n) is 11.5. The summed E-state index contributed by atoms with van der Waals surface area (Å²) in [6.45, 7) is 9.88. The van der Waals surface area contributed by atoms with E-state index in [1.165, 1.54) is 0 Å². The number of hydrogen-bond donors (Lipinski definition) is 2. The van der Waals surface area contributed by atoms with E-state index < -0.39 is 0 Å². The summed E-state index contributed by atoms with van der Waals surface area (Å²) >= 11 is 0. The fourth-order valence-electron chi connectivity index (χ4n) is 1.31. The van der Waals surface area contributed by atoms with Crippen LogP contribution in [0.1, 0.15) is 51.1 Å². The summed E-state index contributed by atoms with van der Waals surface area (Å²) in [5.41, 5.74) is -0.172. The Labute approximate surface area is 108 Å². The van der Waals surface area contributed by atoms with Gasteiger partial charge in [-0.15, -0.1) is 11.5 Å². The predicted molar refractivity (Wildman–Crippen MR) is 70.0 cm³/mol. The van der Waals surface area contributed by atoms with Crippen molar-refractivity contribution in [3.63, 3.8) is 0 Å². The summed E-state index contributed by atoms with van der Waals surface area (Å²) in [6, 6.07) is -0.311. The highest BCUT2D eigenvalue weighted by Crippen LogP contribution is 2.17. The van der Waals surface area contributed by atoms with E-state index in [1.807, 2.05) is 34.6 Å². The van der Waals surface area contributed by atoms with Crippen molar-refractivity contribution >= 4 is 5.91 Å². The summed E-state index contributed by atoms with van der Waals surface area (Å²) < 4.78 is 0. The molecule has 0 bridgehead atoms. The molecule has 18 heavy (non-hydrogen) atoms. The van der Waals surface area contributed by atoms with Crippen molar-refractivity contribution in [2.75, 3.05) is 0 Å². The molecule has 1 aromatic heterocycles. The van der Waals surface area contributed by atoms with Crippen LogP contribution in [0.5, 0.6) is 0 Å². The Balaban J connectivity index is 2.80. The molecule has 1 amide bonds. The maximum atomic E-state index is 11.9. The van der Waals surface area contributed by atoms with Gasteiger partial charge in [-0.25, -0.2) is 4.98 Å². The monoisotopic (exact) mass is 248 g/mol. The lowest BCUT2D eigenvalue weighted by Crippen LogP contribution is -2.38. The number of carbonyl (C=O) groups excluding carboxylic acids is 1. The molecule has 2 N–H and O–H groups in total. The number of rotatable bonds is 3. The second-order valence-corrected chi connectivity index (χ2v) is 5.62. The molecule has 1 aromatic rings. The summed E-state index contributed by atoms with van der Waals surface area (Å²) in [7, 11) is 0. The van der Waals surface area contributed by atoms with Gasteiger partial charge >= 0.3 is 0 Å².